The van der Waals surface area contributed by atoms with E-state index in [2.05, 4.69) is 0 Å². The first-order valence-corrected chi connectivity index (χ1v) is 8.30. The highest BCUT2D eigenvalue weighted by Gasteiger charge is 2.15. The number of hydrogen-bond acceptors (Lipinski definition) is 3. The standard InChI is InChI=1S/C20H25NO3/c1-16(2)24-14-6-13-21(15-17-9-11-19(22)12-10-17)20(23)18-7-4-3-5-8-18/h3-5,7-12,16,22H,6,13-15H2,1-2H3. The van der Waals surface area contributed by atoms with Crippen molar-refractivity contribution in [3.63, 3.8) is 0 Å². The zero-order valence-electron chi connectivity index (χ0n) is 14.3. The van der Waals surface area contributed by atoms with Gasteiger partial charge in [0.25, 0.3) is 5.91 Å². The third kappa shape index (κ3) is 5.70. The SMILES string of the molecule is CC(C)OCCCN(Cc1ccc(O)cc1)C(=O)c1ccccc1. The molecule has 1 amide bonds. The number of ether oxygens (including phenoxy) is 1. The Hall–Kier alpha value is -2.33. The normalized spacial score (nSPS) is 10.8. The minimum Gasteiger partial charge on any atom is -0.508 e. The number of amides is 1. The molecular weight excluding hydrogens is 302 g/mol. The second-order valence-corrected chi connectivity index (χ2v) is 6.03. The van der Waals surface area contributed by atoms with E-state index in [-0.39, 0.29) is 17.8 Å². The molecule has 0 aromatic heterocycles. The summed E-state index contributed by atoms with van der Waals surface area (Å²) in [6, 6.07) is 16.3. The Labute approximate surface area is 143 Å². The van der Waals surface area contributed by atoms with Crippen LogP contribution in [0.15, 0.2) is 54.6 Å². The van der Waals surface area contributed by atoms with Crippen LogP contribution in [0.4, 0.5) is 0 Å². The minimum absolute atomic E-state index is 0.00761. The van der Waals surface area contributed by atoms with Crippen molar-refractivity contribution >= 4 is 5.91 Å². The minimum atomic E-state index is 0.00761. The van der Waals surface area contributed by atoms with Gasteiger partial charge in [-0.25, -0.2) is 0 Å². The molecule has 0 fully saturated rings. The number of phenolic OH excluding ortho intramolecular Hbond substituents is 1. The number of rotatable bonds is 8. The number of nitrogens with zero attached hydrogens (tertiary/aromatic N) is 1. The zero-order chi connectivity index (χ0) is 17.4. The van der Waals surface area contributed by atoms with Crippen LogP contribution in [0.25, 0.3) is 0 Å². The predicted molar refractivity (Wildman–Crippen MR) is 95.0 cm³/mol. The summed E-state index contributed by atoms with van der Waals surface area (Å²) in [5.41, 5.74) is 1.67. The lowest BCUT2D eigenvalue weighted by molar-refractivity contribution is 0.0606. The van der Waals surface area contributed by atoms with E-state index < -0.39 is 0 Å². The number of carbonyl (C=O) groups is 1. The van der Waals surface area contributed by atoms with E-state index >= 15 is 0 Å². The van der Waals surface area contributed by atoms with Gasteiger partial charge in [-0.1, -0.05) is 30.3 Å². The van der Waals surface area contributed by atoms with Gasteiger partial charge in [-0.3, -0.25) is 4.79 Å². The Balaban J connectivity index is 2.05. The number of carbonyl (C=O) groups excluding carboxylic acids is 1. The maximum Gasteiger partial charge on any atom is 0.254 e. The van der Waals surface area contributed by atoms with E-state index in [4.69, 9.17) is 4.74 Å². The molecule has 4 heteroatoms. The molecule has 0 saturated heterocycles. The van der Waals surface area contributed by atoms with Gasteiger partial charge in [-0.2, -0.15) is 0 Å². The molecule has 0 bridgehead atoms. The number of benzene rings is 2. The summed E-state index contributed by atoms with van der Waals surface area (Å²) in [6.45, 7) is 5.77. The molecule has 0 atom stereocenters. The molecule has 2 rings (SSSR count). The first-order chi connectivity index (χ1) is 11.6. The summed E-state index contributed by atoms with van der Waals surface area (Å²) in [6.07, 6.45) is 0.981. The third-order valence-electron chi connectivity index (χ3n) is 3.64. The van der Waals surface area contributed by atoms with Crippen molar-refractivity contribution in [3.05, 3.63) is 65.7 Å². The van der Waals surface area contributed by atoms with Crippen molar-refractivity contribution in [1.82, 2.24) is 4.90 Å². The van der Waals surface area contributed by atoms with E-state index in [9.17, 15) is 9.90 Å². The maximum atomic E-state index is 12.8. The predicted octanol–water partition coefficient (Wildman–Crippen LogP) is 3.85. The largest absolute Gasteiger partial charge is 0.508 e. The van der Waals surface area contributed by atoms with Crippen LogP contribution in [-0.2, 0) is 11.3 Å². The fourth-order valence-electron chi connectivity index (χ4n) is 2.41. The van der Waals surface area contributed by atoms with Crippen molar-refractivity contribution in [3.8, 4) is 5.75 Å². The quantitative estimate of drug-likeness (QED) is 0.749. The van der Waals surface area contributed by atoms with Crippen molar-refractivity contribution in [2.24, 2.45) is 0 Å². The molecule has 0 aliphatic heterocycles. The van der Waals surface area contributed by atoms with Crippen molar-refractivity contribution in [2.75, 3.05) is 13.2 Å². The maximum absolute atomic E-state index is 12.8. The lowest BCUT2D eigenvalue weighted by Crippen LogP contribution is -2.32. The monoisotopic (exact) mass is 327 g/mol. The molecule has 24 heavy (non-hydrogen) atoms. The van der Waals surface area contributed by atoms with E-state index in [1.165, 1.54) is 0 Å². The molecule has 2 aromatic carbocycles. The average Bonchev–Trinajstić information content (AvgIpc) is 2.59. The molecule has 0 saturated carbocycles. The van der Waals surface area contributed by atoms with Crippen LogP contribution in [0.2, 0.25) is 0 Å². The number of hydrogen-bond donors (Lipinski definition) is 1. The van der Waals surface area contributed by atoms with Crippen LogP contribution < -0.4 is 0 Å². The van der Waals surface area contributed by atoms with Gasteiger partial charge in [-0.05, 0) is 50.1 Å². The molecule has 2 aromatic rings. The molecule has 0 heterocycles. The highest BCUT2D eigenvalue weighted by Crippen LogP contribution is 2.14. The Morgan fingerprint density at radius 3 is 2.38 bits per heavy atom. The summed E-state index contributed by atoms with van der Waals surface area (Å²) < 4.78 is 5.57. The molecule has 0 spiro atoms. The summed E-state index contributed by atoms with van der Waals surface area (Å²) in [7, 11) is 0. The Bertz CT molecular complexity index is 623. The highest BCUT2D eigenvalue weighted by atomic mass is 16.5. The molecule has 0 aliphatic carbocycles. The van der Waals surface area contributed by atoms with Gasteiger partial charge in [0.15, 0.2) is 0 Å². The molecule has 128 valence electrons. The Morgan fingerprint density at radius 2 is 1.75 bits per heavy atom. The van der Waals surface area contributed by atoms with Crippen LogP contribution in [-0.4, -0.2) is 35.2 Å². The van der Waals surface area contributed by atoms with Gasteiger partial charge < -0.3 is 14.7 Å². The molecule has 4 nitrogen and oxygen atoms in total. The lowest BCUT2D eigenvalue weighted by atomic mass is 10.1. The van der Waals surface area contributed by atoms with Gasteiger partial charge in [0.05, 0.1) is 6.10 Å². The Morgan fingerprint density at radius 1 is 1.08 bits per heavy atom. The van der Waals surface area contributed by atoms with Crippen LogP contribution in [0.5, 0.6) is 5.75 Å². The van der Waals surface area contributed by atoms with Crippen LogP contribution in [0.1, 0.15) is 36.2 Å². The van der Waals surface area contributed by atoms with Crippen LogP contribution in [0, 0.1) is 0 Å². The van der Waals surface area contributed by atoms with Gasteiger partial charge in [-0.15, -0.1) is 0 Å². The van der Waals surface area contributed by atoms with Crippen molar-refractivity contribution in [2.45, 2.75) is 32.9 Å². The first-order valence-electron chi connectivity index (χ1n) is 8.30. The van der Waals surface area contributed by atoms with Gasteiger partial charge in [0, 0.05) is 25.3 Å². The molecular formula is C20H25NO3. The van der Waals surface area contributed by atoms with E-state index in [1.54, 1.807) is 12.1 Å². The van der Waals surface area contributed by atoms with Crippen LogP contribution >= 0.6 is 0 Å². The fourth-order valence-corrected chi connectivity index (χ4v) is 2.41. The lowest BCUT2D eigenvalue weighted by Gasteiger charge is -2.23. The highest BCUT2D eigenvalue weighted by molar-refractivity contribution is 5.94. The number of aromatic hydroxyl groups is 1. The van der Waals surface area contributed by atoms with Crippen LogP contribution in [0.3, 0.4) is 0 Å². The van der Waals surface area contributed by atoms with Gasteiger partial charge in [0.2, 0.25) is 0 Å². The smallest absolute Gasteiger partial charge is 0.254 e. The van der Waals surface area contributed by atoms with E-state index in [0.717, 1.165) is 12.0 Å². The van der Waals surface area contributed by atoms with Gasteiger partial charge >= 0.3 is 0 Å². The molecule has 1 N–H and O–H groups in total. The zero-order valence-corrected chi connectivity index (χ0v) is 14.3. The second kappa shape index (κ2) is 9.08. The molecule has 0 unspecified atom stereocenters. The van der Waals surface area contributed by atoms with Crippen molar-refractivity contribution < 1.29 is 14.6 Å². The number of phenols is 1. The molecule has 0 aliphatic rings. The summed E-state index contributed by atoms with van der Waals surface area (Å²) in [5, 5.41) is 9.41. The topological polar surface area (TPSA) is 49.8 Å². The third-order valence-corrected chi connectivity index (χ3v) is 3.64. The summed E-state index contributed by atoms with van der Waals surface area (Å²) >= 11 is 0. The Kier molecular flexibility index (Phi) is 6.82. The van der Waals surface area contributed by atoms with Crippen molar-refractivity contribution in [1.29, 1.82) is 0 Å². The fraction of sp³-hybridized carbons (Fsp3) is 0.350. The van der Waals surface area contributed by atoms with E-state index in [1.807, 2.05) is 61.2 Å². The van der Waals surface area contributed by atoms with E-state index in [0.29, 0.717) is 25.3 Å². The first kappa shape index (κ1) is 18.0. The van der Waals surface area contributed by atoms with Gasteiger partial charge in [0.1, 0.15) is 5.75 Å². The second-order valence-electron chi connectivity index (χ2n) is 6.03. The molecule has 0 radical (unpaired) electrons. The average molecular weight is 327 g/mol. The summed E-state index contributed by atoms with van der Waals surface area (Å²) in [5.74, 6) is 0.234. The summed E-state index contributed by atoms with van der Waals surface area (Å²) in [4.78, 5) is 14.6.